The number of benzene rings is 1. The topological polar surface area (TPSA) is 38.1 Å². The smallest absolute Gasteiger partial charge is 0.251 e. The molecule has 1 unspecified atom stereocenters. The van der Waals surface area contributed by atoms with Crippen LogP contribution < -0.4 is 4.90 Å². The molecule has 2 heterocycles. The summed E-state index contributed by atoms with van der Waals surface area (Å²) in [5.41, 5.74) is 3.02. The second-order valence-electron chi connectivity index (χ2n) is 7.68. The average molecular weight is 372 g/mol. The minimum Gasteiger partial charge on any atom is -0.310 e. The van der Waals surface area contributed by atoms with Crippen molar-refractivity contribution in [2.24, 2.45) is 0 Å². The Bertz CT molecular complexity index is 785. The maximum absolute atomic E-state index is 13.9. The van der Waals surface area contributed by atoms with Gasteiger partial charge in [0.05, 0.1) is 5.69 Å². The van der Waals surface area contributed by atoms with Crippen LogP contribution in [0.4, 0.5) is 10.1 Å². The summed E-state index contributed by atoms with van der Waals surface area (Å²) in [5.74, 6) is 0.311. The number of aryl methyl sites for hydroxylation is 2. The van der Waals surface area contributed by atoms with Crippen molar-refractivity contribution in [3.8, 4) is 0 Å². The molecule has 1 saturated heterocycles. The van der Waals surface area contributed by atoms with E-state index in [9.17, 15) is 9.18 Å². The fraction of sp³-hybridized carbons (Fsp3) is 0.545. The number of carbonyl (C=O) groups is 1. The molecule has 2 aromatic rings. The Balaban J connectivity index is 1.79. The molecule has 0 bridgehead atoms. The summed E-state index contributed by atoms with van der Waals surface area (Å²) >= 11 is 0. The molecule has 27 heavy (non-hydrogen) atoms. The monoisotopic (exact) mass is 371 g/mol. The van der Waals surface area contributed by atoms with Gasteiger partial charge >= 0.3 is 0 Å². The standard InChI is InChI=1S/C22H30FN3O/c1-5-7-17(8-6-2)19-9-12-26(24-19)20-10-11-25(22(20)27)18-13-15(3)21(23)16(4)14-18/h9,12-14,17,20H,5-8,10-11H2,1-4H3. The van der Waals surface area contributed by atoms with Crippen LogP contribution in [-0.4, -0.2) is 22.2 Å². The Hall–Kier alpha value is -2.17. The summed E-state index contributed by atoms with van der Waals surface area (Å²) in [6, 6.07) is 5.32. The Kier molecular flexibility index (Phi) is 5.98. The summed E-state index contributed by atoms with van der Waals surface area (Å²) in [5, 5.41) is 4.77. The van der Waals surface area contributed by atoms with Crippen LogP contribution in [0.1, 0.15) is 74.7 Å². The van der Waals surface area contributed by atoms with E-state index in [0.717, 1.165) is 43.5 Å². The van der Waals surface area contributed by atoms with Gasteiger partial charge in [-0.3, -0.25) is 9.48 Å². The third-order valence-electron chi connectivity index (χ3n) is 5.55. The molecule has 1 aliphatic heterocycles. The minimum atomic E-state index is -0.270. The van der Waals surface area contributed by atoms with E-state index < -0.39 is 0 Å². The van der Waals surface area contributed by atoms with E-state index in [1.54, 1.807) is 30.9 Å². The van der Waals surface area contributed by atoms with E-state index in [1.807, 2.05) is 10.9 Å². The lowest BCUT2D eigenvalue weighted by Gasteiger charge is -2.19. The van der Waals surface area contributed by atoms with Crippen molar-refractivity contribution in [1.29, 1.82) is 0 Å². The van der Waals surface area contributed by atoms with E-state index in [1.165, 1.54) is 0 Å². The summed E-state index contributed by atoms with van der Waals surface area (Å²) in [7, 11) is 0. The zero-order valence-corrected chi connectivity index (χ0v) is 16.8. The van der Waals surface area contributed by atoms with Gasteiger partial charge < -0.3 is 4.90 Å². The molecular formula is C22H30FN3O. The molecule has 0 spiro atoms. The van der Waals surface area contributed by atoms with Gasteiger partial charge in [-0.25, -0.2) is 4.39 Å². The Labute approximate surface area is 161 Å². The zero-order chi connectivity index (χ0) is 19.6. The first-order valence-electron chi connectivity index (χ1n) is 10.1. The highest BCUT2D eigenvalue weighted by Crippen LogP contribution is 2.32. The number of rotatable bonds is 7. The van der Waals surface area contributed by atoms with Crippen molar-refractivity contribution in [2.45, 2.75) is 71.8 Å². The van der Waals surface area contributed by atoms with Crippen LogP contribution in [0.25, 0.3) is 0 Å². The van der Waals surface area contributed by atoms with Crippen molar-refractivity contribution < 1.29 is 9.18 Å². The molecular weight excluding hydrogens is 341 g/mol. The molecule has 1 aliphatic rings. The van der Waals surface area contributed by atoms with E-state index in [2.05, 4.69) is 19.9 Å². The van der Waals surface area contributed by atoms with E-state index >= 15 is 0 Å². The van der Waals surface area contributed by atoms with Crippen molar-refractivity contribution in [3.05, 3.63) is 47.0 Å². The SMILES string of the molecule is CCCC(CCC)c1ccn(C2CCN(c3cc(C)c(F)c(C)c3)C2=O)n1. The number of anilines is 1. The molecule has 0 aliphatic carbocycles. The van der Waals surface area contributed by atoms with Gasteiger partial charge in [0.1, 0.15) is 11.9 Å². The normalized spacial score (nSPS) is 17.3. The molecule has 1 aromatic carbocycles. The minimum absolute atomic E-state index is 0.0394. The third kappa shape index (κ3) is 3.92. The maximum Gasteiger partial charge on any atom is 0.251 e. The quantitative estimate of drug-likeness (QED) is 0.662. The van der Waals surface area contributed by atoms with Gasteiger partial charge in [-0.1, -0.05) is 26.7 Å². The summed E-state index contributed by atoms with van der Waals surface area (Å²) in [6.07, 6.45) is 7.20. The Morgan fingerprint density at radius 1 is 1.19 bits per heavy atom. The number of aromatic nitrogens is 2. The fourth-order valence-electron chi connectivity index (χ4n) is 4.13. The van der Waals surface area contributed by atoms with Crippen LogP contribution in [0, 0.1) is 19.7 Å². The molecule has 4 nitrogen and oxygen atoms in total. The fourth-order valence-corrected chi connectivity index (χ4v) is 4.13. The van der Waals surface area contributed by atoms with Gasteiger partial charge in [0.2, 0.25) is 0 Å². The highest BCUT2D eigenvalue weighted by atomic mass is 19.1. The van der Waals surface area contributed by atoms with Gasteiger partial charge in [-0.2, -0.15) is 5.10 Å². The molecule has 0 radical (unpaired) electrons. The van der Waals surface area contributed by atoms with Crippen molar-refractivity contribution in [2.75, 3.05) is 11.4 Å². The number of nitrogens with zero attached hydrogens (tertiary/aromatic N) is 3. The average Bonchev–Trinajstić information content (AvgIpc) is 3.25. The molecule has 3 rings (SSSR count). The van der Waals surface area contributed by atoms with Crippen LogP contribution in [0.15, 0.2) is 24.4 Å². The van der Waals surface area contributed by atoms with Crippen LogP contribution in [0.5, 0.6) is 0 Å². The molecule has 1 amide bonds. The highest BCUT2D eigenvalue weighted by molar-refractivity contribution is 5.98. The molecule has 5 heteroatoms. The molecule has 146 valence electrons. The number of carbonyl (C=O) groups excluding carboxylic acids is 1. The summed E-state index contributed by atoms with van der Waals surface area (Å²) in [4.78, 5) is 14.8. The second kappa shape index (κ2) is 8.24. The van der Waals surface area contributed by atoms with Crippen LogP contribution in [0.3, 0.4) is 0 Å². The lowest BCUT2D eigenvalue weighted by Crippen LogP contribution is -2.28. The van der Waals surface area contributed by atoms with Gasteiger partial charge in [0, 0.05) is 24.3 Å². The third-order valence-corrected chi connectivity index (χ3v) is 5.55. The molecule has 0 saturated carbocycles. The molecule has 1 fully saturated rings. The Morgan fingerprint density at radius 2 is 1.81 bits per heavy atom. The van der Waals surface area contributed by atoms with Gasteiger partial charge in [-0.15, -0.1) is 0 Å². The van der Waals surface area contributed by atoms with Crippen molar-refractivity contribution >= 4 is 11.6 Å². The van der Waals surface area contributed by atoms with Crippen LogP contribution >= 0.6 is 0 Å². The predicted molar refractivity (Wildman–Crippen MR) is 107 cm³/mol. The predicted octanol–water partition coefficient (Wildman–Crippen LogP) is 5.30. The largest absolute Gasteiger partial charge is 0.310 e. The summed E-state index contributed by atoms with van der Waals surface area (Å²) in [6.45, 7) is 8.52. The molecule has 1 aromatic heterocycles. The first kappa shape index (κ1) is 19.6. The lowest BCUT2D eigenvalue weighted by atomic mass is 9.95. The summed E-state index contributed by atoms with van der Waals surface area (Å²) < 4.78 is 15.8. The molecule has 0 N–H and O–H groups in total. The van der Waals surface area contributed by atoms with Gasteiger partial charge in [0.25, 0.3) is 5.91 Å². The number of hydrogen-bond acceptors (Lipinski definition) is 2. The number of hydrogen-bond donors (Lipinski definition) is 0. The Morgan fingerprint density at radius 3 is 2.41 bits per heavy atom. The first-order chi connectivity index (χ1) is 13.0. The van der Waals surface area contributed by atoms with E-state index in [4.69, 9.17) is 5.10 Å². The van der Waals surface area contributed by atoms with Crippen molar-refractivity contribution in [1.82, 2.24) is 9.78 Å². The van der Waals surface area contributed by atoms with Gasteiger partial charge in [0.15, 0.2) is 0 Å². The van der Waals surface area contributed by atoms with Crippen LogP contribution in [-0.2, 0) is 4.79 Å². The van der Waals surface area contributed by atoms with Gasteiger partial charge in [-0.05, 0) is 62.4 Å². The van der Waals surface area contributed by atoms with Crippen molar-refractivity contribution in [3.63, 3.8) is 0 Å². The lowest BCUT2D eigenvalue weighted by molar-refractivity contribution is -0.120. The van der Waals surface area contributed by atoms with E-state index in [0.29, 0.717) is 23.6 Å². The first-order valence-corrected chi connectivity index (χ1v) is 10.1. The number of halogens is 1. The number of amides is 1. The van der Waals surface area contributed by atoms with Crippen LogP contribution in [0.2, 0.25) is 0 Å². The maximum atomic E-state index is 13.9. The second-order valence-corrected chi connectivity index (χ2v) is 7.68. The highest BCUT2D eigenvalue weighted by Gasteiger charge is 2.35. The van der Waals surface area contributed by atoms with E-state index in [-0.39, 0.29) is 17.8 Å². The molecule has 1 atom stereocenters. The zero-order valence-electron chi connectivity index (χ0n) is 16.8.